The molecule has 0 aliphatic heterocycles. The van der Waals surface area contributed by atoms with E-state index in [9.17, 15) is 0 Å². The molecular weight excluding hydrogens is 366 g/mol. The molecule has 1 N–H and O–H groups in total. The van der Waals surface area contributed by atoms with Gasteiger partial charge in [-0.1, -0.05) is 42.5 Å². The summed E-state index contributed by atoms with van der Waals surface area (Å²) in [6, 6.07) is 22.4. The second-order valence-electron chi connectivity index (χ2n) is 6.32. The van der Waals surface area contributed by atoms with Crippen LogP contribution in [0.2, 0.25) is 0 Å². The first kappa shape index (κ1) is 18.1. The summed E-state index contributed by atoms with van der Waals surface area (Å²) in [5.41, 5.74) is 2.26. The number of nitrogens with one attached hydrogen (secondary N) is 1. The molecule has 0 amide bonds. The molecule has 0 saturated heterocycles. The SMILES string of the molecule is CN(c1cccc(-c2cccs2)n1)c1ccnc(NCCc2ccccc2)n1. The Kier molecular flexibility index (Phi) is 5.58. The Morgan fingerprint density at radius 3 is 2.57 bits per heavy atom. The zero-order valence-corrected chi connectivity index (χ0v) is 16.4. The quantitative estimate of drug-likeness (QED) is 0.482. The maximum atomic E-state index is 4.78. The molecule has 3 aromatic heterocycles. The Balaban J connectivity index is 1.45. The minimum absolute atomic E-state index is 0.620. The lowest BCUT2D eigenvalue weighted by atomic mass is 10.1. The molecule has 5 nitrogen and oxygen atoms in total. The predicted molar refractivity (Wildman–Crippen MR) is 116 cm³/mol. The fraction of sp³-hybridized carbons (Fsp3) is 0.136. The Labute approximate surface area is 168 Å². The van der Waals surface area contributed by atoms with Gasteiger partial charge in [-0.25, -0.2) is 9.97 Å². The van der Waals surface area contributed by atoms with E-state index in [2.05, 4.69) is 51.0 Å². The number of hydrogen-bond acceptors (Lipinski definition) is 6. The van der Waals surface area contributed by atoms with E-state index >= 15 is 0 Å². The van der Waals surface area contributed by atoms with Gasteiger partial charge >= 0.3 is 0 Å². The Morgan fingerprint density at radius 1 is 0.893 bits per heavy atom. The zero-order chi connectivity index (χ0) is 19.2. The van der Waals surface area contributed by atoms with Gasteiger partial charge in [-0.2, -0.15) is 4.98 Å². The highest BCUT2D eigenvalue weighted by Crippen LogP contribution is 2.26. The van der Waals surface area contributed by atoms with Crippen molar-refractivity contribution in [2.45, 2.75) is 6.42 Å². The van der Waals surface area contributed by atoms with Crippen LogP contribution < -0.4 is 10.2 Å². The van der Waals surface area contributed by atoms with Crippen LogP contribution >= 0.6 is 11.3 Å². The molecule has 0 atom stereocenters. The lowest BCUT2D eigenvalue weighted by molar-refractivity contribution is 0.973. The maximum absolute atomic E-state index is 4.78. The standard InChI is InChI=1S/C22H21N5S/c1-27(20-11-5-9-18(25-20)19-10-6-16-28-19)21-13-15-24-22(26-21)23-14-12-17-7-3-2-4-8-17/h2-11,13,15-16H,12,14H2,1H3,(H,23,24,26). The highest BCUT2D eigenvalue weighted by atomic mass is 32.1. The number of pyridine rings is 1. The van der Waals surface area contributed by atoms with Crippen molar-refractivity contribution in [1.29, 1.82) is 0 Å². The number of aromatic nitrogens is 3. The van der Waals surface area contributed by atoms with Gasteiger partial charge in [0.1, 0.15) is 11.6 Å². The number of nitrogens with zero attached hydrogens (tertiary/aromatic N) is 4. The van der Waals surface area contributed by atoms with Crippen LogP contribution in [0.15, 0.2) is 78.3 Å². The van der Waals surface area contributed by atoms with Crippen molar-refractivity contribution in [3.05, 3.63) is 83.9 Å². The lowest BCUT2D eigenvalue weighted by Gasteiger charge is -2.18. The molecule has 1 aromatic carbocycles. The monoisotopic (exact) mass is 387 g/mol. The molecular formula is C22H21N5S. The molecule has 140 valence electrons. The van der Waals surface area contributed by atoms with Crippen LogP contribution in [0, 0.1) is 0 Å². The Hall–Kier alpha value is -3.25. The molecule has 0 spiro atoms. The fourth-order valence-corrected chi connectivity index (χ4v) is 3.57. The molecule has 6 heteroatoms. The van der Waals surface area contributed by atoms with E-state index in [1.165, 1.54) is 5.56 Å². The van der Waals surface area contributed by atoms with Gasteiger partial charge in [0, 0.05) is 19.8 Å². The topological polar surface area (TPSA) is 53.9 Å². The van der Waals surface area contributed by atoms with Crippen molar-refractivity contribution in [3.63, 3.8) is 0 Å². The van der Waals surface area contributed by atoms with Crippen LogP contribution in [-0.2, 0) is 6.42 Å². The van der Waals surface area contributed by atoms with E-state index in [0.717, 1.165) is 35.2 Å². The van der Waals surface area contributed by atoms with Gasteiger partial charge in [0.05, 0.1) is 10.6 Å². The van der Waals surface area contributed by atoms with Crippen LogP contribution in [-0.4, -0.2) is 28.5 Å². The van der Waals surface area contributed by atoms with Gasteiger partial charge in [-0.3, -0.25) is 0 Å². The largest absolute Gasteiger partial charge is 0.354 e. The van der Waals surface area contributed by atoms with E-state index in [0.29, 0.717) is 5.95 Å². The third kappa shape index (κ3) is 4.35. The summed E-state index contributed by atoms with van der Waals surface area (Å²) in [7, 11) is 1.97. The molecule has 4 aromatic rings. The summed E-state index contributed by atoms with van der Waals surface area (Å²) in [5, 5.41) is 5.37. The molecule has 4 rings (SSSR count). The van der Waals surface area contributed by atoms with Crippen molar-refractivity contribution in [1.82, 2.24) is 15.0 Å². The summed E-state index contributed by atoms with van der Waals surface area (Å²) in [4.78, 5) is 16.9. The van der Waals surface area contributed by atoms with Gasteiger partial charge < -0.3 is 10.2 Å². The molecule has 0 aliphatic carbocycles. The maximum Gasteiger partial charge on any atom is 0.224 e. The number of rotatable bonds is 7. The molecule has 0 aliphatic rings. The zero-order valence-electron chi connectivity index (χ0n) is 15.6. The van der Waals surface area contributed by atoms with E-state index in [4.69, 9.17) is 4.98 Å². The molecule has 0 saturated carbocycles. The lowest BCUT2D eigenvalue weighted by Crippen LogP contribution is -2.15. The van der Waals surface area contributed by atoms with Gasteiger partial charge in [-0.05, 0) is 41.6 Å². The molecule has 0 fully saturated rings. The van der Waals surface area contributed by atoms with E-state index < -0.39 is 0 Å². The summed E-state index contributed by atoms with van der Waals surface area (Å²) in [5.74, 6) is 2.27. The van der Waals surface area contributed by atoms with Crippen molar-refractivity contribution in [2.75, 3.05) is 23.8 Å². The Bertz CT molecular complexity index is 1020. The average Bonchev–Trinajstić information content (AvgIpc) is 3.29. The van der Waals surface area contributed by atoms with Crippen molar-refractivity contribution in [2.24, 2.45) is 0 Å². The predicted octanol–water partition coefficient (Wildman–Crippen LogP) is 5.02. The van der Waals surface area contributed by atoms with Gasteiger partial charge in [-0.15, -0.1) is 11.3 Å². The highest BCUT2D eigenvalue weighted by molar-refractivity contribution is 7.13. The first-order chi connectivity index (χ1) is 13.8. The van der Waals surface area contributed by atoms with E-state index in [1.54, 1.807) is 17.5 Å². The molecule has 28 heavy (non-hydrogen) atoms. The minimum Gasteiger partial charge on any atom is -0.354 e. The van der Waals surface area contributed by atoms with Crippen molar-refractivity contribution in [3.8, 4) is 10.6 Å². The normalized spacial score (nSPS) is 10.6. The number of thiophene rings is 1. The van der Waals surface area contributed by atoms with Gasteiger partial charge in [0.2, 0.25) is 5.95 Å². The molecule has 0 unspecified atom stereocenters. The highest BCUT2D eigenvalue weighted by Gasteiger charge is 2.10. The summed E-state index contributed by atoms with van der Waals surface area (Å²) < 4.78 is 0. The average molecular weight is 388 g/mol. The number of hydrogen-bond donors (Lipinski definition) is 1. The molecule has 0 radical (unpaired) electrons. The smallest absolute Gasteiger partial charge is 0.224 e. The number of benzene rings is 1. The first-order valence-corrected chi connectivity index (χ1v) is 10.0. The van der Waals surface area contributed by atoms with Crippen LogP contribution in [0.25, 0.3) is 10.6 Å². The number of anilines is 3. The van der Waals surface area contributed by atoms with Crippen molar-refractivity contribution < 1.29 is 0 Å². The summed E-state index contributed by atoms with van der Waals surface area (Å²) >= 11 is 1.69. The third-order valence-corrected chi connectivity index (χ3v) is 5.27. The summed E-state index contributed by atoms with van der Waals surface area (Å²) in [6.07, 6.45) is 2.70. The second-order valence-corrected chi connectivity index (χ2v) is 7.27. The third-order valence-electron chi connectivity index (χ3n) is 4.38. The van der Waals surface area contributed by atoms with Crippen LogP contribution in [0.1, 0.15) is 5.56 Å². The minimum atomic E-state index is 0.620. The van der Waals surface area contributed by atoms with E-state index in [1.807, 2.05) is 48.3 Å². The Morgan fingerprint density at radius 2 is 1.75 bits per heavy atom. The summed E-state index contributed by atoms with van der Waals surface area (Å²) in [6.45, 7) is 0.781. The van der Waals surface area contributed by atoms with Crippen LogP contribution in [0.3, 0.4) is 0 Å². The van der Waals surface area contributed by atoms with Gasteiger partial charge in [0.15, 0.2) is 0 Å². The first-order valence-electron chi connectivity index (χ1n) is 9.15. The van der Waals surface area contributed by atoms with Gasteiger partial charge in [0.25, 0.3) is 0 Å². The van der Waals surface area contributed by atoms with Crippen LogP contribution in [0.4, 0.5) is 17.6 Å². The second kappa shape index (κ2) is 8.63. The fourth-order valence-electron chi connectivity index (χ4n) is 2.87. The molecule has 0 bridgehead atoms. The van der Waals surface area contributed by atoms with Crippen LogP contribution in [0.5, 0.6) is 0 Å². The van der Waals surface area contributed by atoms with E-state index in [-0.39, 0.29) is 0 Å². The molecule has 3 heterocycles. The van der Waals surface area contributed by atoms with Crippen molar-refractivity contribution >= 4 is 28.9 Å².